The largest absolute Gasteiger partial charge is 0.462 e. The van der Waals surface area contributed by atoms with E-state index in [1.807, 2.05) is 0 Å². The van der Waals surface area contributed by atoms with E-state index in [9.17, 15) is 25.4 Å². The fourth-order valence-electron chi connectivity index (χ4n) is 2.16. The van der Waals surface area contributed by atoms with Crippen LogP contribution >= 0.6 is 0 Å². The van der Waals surface area contributed by atoms with Gasteiger partial charge in [0.15, 0.2) is 0 Å². The summed E-state index contributed by atoms with van der Waals surface area (Å²) in [4.78, 5) is 10.0. The first-order chi connectivity index (χ1) is 9.73. The Morgan fingerprint density at radius 2 is 1.86 bits per heavy atom. The van der Waals surface area contributed by atoms with E-state index >= 15 is 0 Å². The molecule has 0 radical (unpaired) electrons. The Morgan fingerprint density at radius 1 is 1.29 bits per heavy atom. The molecule has 116 valence electrons. The van der Waals surface area contributed by atoms with E-state index in [1.165, 1.54) is 38.1 Å². The summed E-state index contributed by atoms with van der Waals surface area (Å²) in [6, 6.07) is 5.22. The minimum absolute atomic E-state index is 0.0942. The summed E-state index contributed by atoms with van der Waals surface area (Å²) in [6.07, 6.45) is -4.67. The molecule has 1 saturated heterocycles. The highest BCUT2D eigenvalue weighted by molar-refractivity contribution is 5.36. The molecule has 0 unspecified atom stereocenters. The van der Waals surface area contributed by atoms with Gasteiger partial charge in [0.1, 0.15) is 23.6 Å². The van der Waals surface area contributed by atoms with Crippen molar-refractivity contribution in [2.24, 2.45) is 0 Å². The second-order valence-corrected chi connectivity index (χ2v) is 5.19. The topological polar surface area (TPSA) is 122 Å². The van der Waals surface area contributed by atoms with Crippen molar-refractivity contribution in [1.29, 1.82) is 0 Å². The zero-order valence-corrected chi connectivity index (χ0v) is 11.5. The first kappa shape index (κ1) is 15.6. The third-order valence-corrected chi connectivity index (χ3v) is 3.55. The molecule has 1 fully saturated rings. The second kappa shape index (κ2) is 5.57. The van der Waals surface area contributed by atoms with Gasteiger partial charge in [0.25, 0.3) is 5.69 Å². The predicted molar refractivity (Wildman–Crippen MR) is 70.7 cm³/mol. The molecule has 0 spiro atoms. The summed E-state index contributed by atoms with van der Waals surface area (Å²) in [5.41, 5.74) is -1.88. The number of nitrogens with zero attached hydrogens (tertiary/aromatic N) is 1. The number of ether oxygens (including phenoxy) is 2. The summed E-state index contributed by atoms with van der Waals surface area (Å²) in [5.74, 6) is 0.240. The Labute approximate surface area is 120 Å². The van der Waals surface area contributed by atoms with Gasteiger partial charge in [-0.1, -0.05) is 0 Å². The SMILES string of the molecule is C[C@@H]1O[C@H](Oc2ccc([N+](=O)[O-])cc2)[C@@H](O)[C@](C)(O)[C@@H]1O. The molecule has 1 aromatic carbocycles. The minimum Gasteiger partial charge on any atom is -0.462 e. The van der Waals surface area contributed by atoms with Crippen molar-refractivity contribution < 1.29 is 29.7 Å². The number of nitro groups is 1. The van der Waals surface area contributed by atoms with Gasteiger partial charge in [0, 0.05) is 12.1 Å². The molecule has 3 N–H and O–H groups in total. The van der Waals surface area contributed by atoms with E-state index in [2.05, 4.69) is 0 Å². The number of nitro benzene ring substituents is 1. The summed E-state index contributed by atoms with van der Waals surface area (Å²) in [6.45, 7) is 2.82. The maximum absolute atomic E-state index is 10.6. The maximum atomic E-state index is 10.6. The number of rotatable bonds is 3. The van der Waals surface area contributed by atoms with Gasteiger partial charge >= 0.3 is 0 Å². The molecule has 0 aliphatic carbocycles. The van der Waals surface area contributed by atoms with Crippen molar-refractivity contribution in [2.45, 2.75) is 44.1 Å². The highest BCUT2D eigenvalue weighted by Crippen LogP contribution is 2.31. The molecule has 1 aliphatic rings. The number of benzene rings is 1. The summed E-state index contributed by atoms with van der Waals surface area (Å²) in [5, 5.41) is 40.5. The Hall–Kier alpha value is -1.74. The molecule has 0 bridgehead atoms. The highest BCUT2D eigenvalue weighted by Gasteiger charge is 2.51. The molecule has 8 nitrogen and oxygen atoms in total. The first-order valence-electron chi connectivity index (χ1n) is 6.38. The molecular weight excluding hydrogens is 282 g/mol. The number of aliphatic hydroxyl groups is 3. The van der Waals surface area contributed by atoms with Gasteiger partial charge in [-0.05, 0) is 26.0 Å². The number of aliphatic hydroxyl groups excluding tert-OH is 2. The van der Waals surface area contributed by atoms with E-state index in [4.69, 9.17) is 9.47 Å². The average Bonchev–Trinajstić information content (AvgIpc) is 2.43. The zero-order chi connectivity index (χ0) is 15.8. The van der Waals surface area contributed by atoms with Gasteiger partial charge in [0.2, 0.25) is 6.29 Å². The molecule has 8 heteroatoms. The third kappa shape index (κ3) is 2.98. The second-order valence-electron chi connectivity index (χ2n) is 5.19. The van der Waals surface area contributed by atoms with Gasteiger partial charge in [0.05, 0.1) is 11.0 Å². The van der Waals surface area contributed by atoms with Crippen LogP contribution in [0, 0.1) is 10.1 Å². The smallest absolute Gasteiger partial charge is 0.269 e. The molecule has 0 amide bonds. The van der Waals surface area contributed by atoms with Crippen molar-refractivity contribution in [3.05, 3.63) is 34.4 Å². The van der Waals surface area contributed by atoms with Gasteiger partial charge in [-0.2, -0.15) is 0 Å². The van der Waals surface area contributed by atoms with E-state index in [0.717, 1.165) is 0 Å². The Bertz CT molecular complexity index is 516. The lowest BCUT2D eigenvalue weighted by atomic mass is 9.86. The van der Waals surface area contributed by atoms with Crippen LogP contribution in [-0.4, -0.2) is 50.4 Å². The quantitative estimate of drug-likeness (QED) is 0.538. The van der Waals surface area contributed by atoms with Crippen LogP contribution in [0.2, 0.25) is 0 Å². The standard InChI is InChI=1S/C13H17NO7/c1-7-10(15)13(2,17)11(16)12(20-7)21-9-5-3-8(4-6-9)14(18)19/h3-7,10-12,15-17H,1-2H3/t7-,10+,11+,12+,13+/m0/s1. The normalized spacial score (nSPS) is 36.2. The van der Waals surface area contributed by atoms with E-state index in [0.29, 0.717) is 0 Å². The molecule has 0 saturated carbocycles. The number of non-ortho nitro benzene ring substituents is 1. The van der Waals surface area contributed by atoms with Gasteiger partial charge < -0.3 is 24.8 Å². The molecule has 1 heterocycles. The minimum atomic E-state index is -1.79. The van der Waals surface area contributed by atoms with Crippen LogP contribution in [0.1, 0.15) is 13.8 Å². The molecule has 0 aromatic heterocycles. The summed E-state index contributed by atoms with van der Waals surface area (Å²) < 4.78 is 10.7. The van der Waals surface area contributed by atoms with Gasteiger partial charge in [-0.25, -0.2) is 0 Å². The molecule has 2 rings (SSSR count). The number of hydrogen-bond donors (Lipinski definition) is 3. The van der Waals surface area contributed by atoms with Crippen LogP contribution in [0.25, 0.3) is 0 Å². The lowest BCUT2D eigenvalue weighted by Gasteiger charge is -2.45. The molecule has 21 heavy (non-hydrogen) atoms. The van der Waals surface area contributed by atoms with Crippen molar-refractivity contribution in [3.63, 3.8) is 0 Å². The van der Waals surface area contributed by atoms with Crippen LogP contribution in [0.15, 0.2) is 24.3 Å². The number of hydrogen-bond acceptors (Lipinski definition) is 7. The van der Waals surface area contributed by atoms with E-state index < -0.39 is 35.1 Å². The van der Waals surface area contributed by atoms with Crippen molar-refractivity contribution in [2.75, 3.05) is 0 Å². The van der Waals surface area contributed by atoms with Crippen LogP contribution < -0.4 is 4.74 Å². The summed E-state index contributed by atoms with van der Waals surface area (Å²) in [7, 11) is 0. The van der Waals surface area contributed by atoms with Gasteiger partial charge in [-0.3, -0.25) is 10.1 Å². The fraction of sp³-hybridized carbons (Fsp3) is 0.538. The monoisotopic (exact) mass is 299 g/mol. The lowest BCUT2D eigenvalue weighted by Crippen LogP contribution is -2.65. The summed E-state index contributed by atoms with van der Waals surface area (Å²) >= 11 is 0. The third-order valence-electron chi connectivity index (χ3n) is 3.55. The molecule has 1 aromatic rings. The Morgan fingerprint density at radius 3 is 2.38 bits per heavy atom. The van der Waals surface area contributed by atoms with Crippen LogP contribution in [-0.2, 0) is 4.74 Å². The molecular formula is C13H17NO7. The lowest BCUT2D eigenvalue weighted by molar-refractivity contribution is -0.384. The van der Waals surface area contributed by atoms with Crippen LogP contribution in [0.5, 0.6) is 5.75 Å². The molecule has 5 atom stereocenters. The van der Waals surface area contributed by atoms with E-state index in [-0.39, 0.29) is 11.4 Å². The highest BCUT2D eigenvalue weighted by atomic mass is 16.7. The van der Waals surface area contributed by atoms with E-state index in [1.54, 1.807) is 0 Å². The Kier molecular flexibility index (Phi) is 4.15. The average molecular weight is 299 g/mol. The van der Waals surface area contributed by atoms with Gasteiger partial charge in [-0.15, -0.1) is 0 Å². The van der Waals surface area contributed by atoms with Crippen LogP contribution in [0.4, 0.5) is 5.69 Å². The maximum Gasteiger partial charge on any atom is 0.269 e. The van der Waals surface area contributed by atoms with Crippen LogP contribution in [0.3, 0.4) is 0 Å². The predicted octanol–water partition coefficient (Wildman–Crippen LogP) is 0.191. The van der Waals surface area contributed by atoms with Crippen molar-refractivity contribution in [3.8, 4) is 5.75 Å². The fourth-order valence-corrected chi connectivity index (χ4v) is 2.16. The van der Waals surface area contributed by atoms with Crippen molar-refractivity contribution >= 4 is 5.69 Å². The first-order valence-corrected chi connectivity index (χ1v) is 6.38. The van der Waals surface area contributed by atoms with Crippen molar-refractivity contribution in [1.82, 2.24) is 0 Å². The Balaban J connectivity index is 2.13. The zero-order valence-electron chi connectivity index (χ0n) is 11.5. The molecule has 1 aliphatic heterocycles.